The van der Waals surface area contributed by atoms with Gasteiger partial charge >= 0.3 is 5.97 Å². The zero-order valence-electron chi connectivity index (χ0n) is 30.9. The number of carboxylic acids is 1. The zero-order valence-corrected chi connectivity index (χ0v) is 30.9. The molecule has 264 valence electrons. The Morgan fingerprint density at radius 3 is 2.38 bits per heavy atom. The average molecular weight is 657 g/mol. The van der Waals surface area contributed by atoms with Crippen molar-refractivity contribution in [3.05, 3.63) is 53.6 Å². The van der Waals surface area contributed by atoms with Gasteiger partial charge in [-0.15, -0.1) is 0 Å². The van der Waals surface area contributed by atoms with Gasteiger partial charge in [0, 0.05) is 31.8 Å². The third-order valence-electron chi connectivity index (χ3n) is 16.3. The van der Waals surface area contributed by atoms with Crippen LogP contribution in [0.4, 0.5) is 0 Å². The van der Waals surface area contributed by atoms with E-state index in [4.69, 9.17) is 4.74 Å². The molecular formula is C43H64N2O3. The Labute approximate surface area is 291 Å². The number of aromatic carboxylic acids is 1. The summed E-state index contributed by atoms with van der Waals surface area (Å²) in [6.45, 7) is 24.0. The Morgan fingerprint density at radius 2 is 1.69 bits per heavy atom. The van der Waals surface area contributed by atoms with Crippen molar-refractivity contribution in [3.63, 3.8) is 0 Å². The molecule has 1 heterocycles. The standard InChI is InChI=1S/C43H64N2O3/c1-28(2)32-16-21-43(45-25-24-44-27-31-9-8-26-48-31)23-22-41(6)34(37(32)43)14-15-36-40(5)19-17-33(29-10-12-30(13-11-29)38(46)47)39(3,4)35(40)18-20-42(36,41)7/h10-13,17,31-32,34-37,44-45H,1,8-9,14-16,18-27H2,2-7H3,(H,46,47)/t31-,32-,34+,35-,36+,37+,40-,41+,42+,43-/m0/s1. The number of hydrogen-bond donors (Lipinski definition) is 3. The third-order valence-corrected chi connectivity index (χ3v) is 16.3. The van der Waals surface area contributed by atoms with Gasteiger partial charge in [0.25, 0.3) is 0 Å². The average Bonchev–Trinajstić information content (AvgIpc) is 3.70. The lowest BCUT2D eigenvalue weighted by atomic mass is 9.33. The summed E-state index contributed by atoms with van der Waals surface area (Å²) in [4.78, 5) is 11.5. The van der Waals surface area contributed by atoms with Gasteiger partial charge < -0.3 is 20.5 Å². The monoisotopic (exact) mass is 656 g/mol. The molecule has 4 saturated carbocycles. The Hall–Kier alpha value is -1.95. The fourth-order valence-corrected chi connectivity index (χ4v) is 13.8. The van der Waals surface area contributed by atoms with E-state index in [1.807, 2.05) is 12.1 Å². The normalized spacial score (nSPS) is 43.0. The van der Waals surface area contributed by atoms with Crippen LogP contribution in [0.15, 0.2) is 42.5 Å². The van der Waals surface area contributed by atoms with E-state index in [-0.39, 0.29) is 16.4 Å². The number of allylic oxidation sites excluding steroid dienone is 3. The first-order chi connectivity index (χ1) is 22.8. The Kier molecular flexibility index (Phi) is 8.89. The van der Waals surface area contributed by atoms with Crippen LogP contribution >= 0.6 is 0 Å². The van der Waals surface area contributed by atoms with Crippen molar-refractivity contribution in [1.29, 1.82) is 0 Å². The van der Waals surface area contributed by atoms with Crippen molar-refractivity contribution in [2.24, 2.45) is 51.2 Å². The Morgan fingerprint density at radius 1 is 0.917 bits per heavy atom. The highest BCUT2D eigenvalue weighted by Gasteiger charge is 2.70. The second-order valence-corrected chi connectivity index (χ2v) is 18.5. The summed E-state index contributed by atoms with van der Waals surface area (Å²) < 4.78 is 5.86. The summed E-state index contributed by atoms with van der Waals surface area (Å²) in [6, 6.07) is 7.65. The van der Waals surface area contributed by atoms with E-state index in [9.17, 15) is 9.90 Å². The van der Waals surface area contributed by atoms with Gasteiger partial charge in [-0.2, -0.15) is 0 Å². The molecule has 5 heteroatoms. The fraction of sp³-hybridized carbons (Fsp3) is 0.744. The molecule has 1 aromatic carbocycles. The van der Waals surface area contributed by atoms with Crippen molar-refractivity contribution in [2.45, 2.75) is 124 Å². The van der Waals surface area contributed by atoms with Crippen LogP contribution in [-0.4, -0.2) is 49.0 Å². The van der Waals surface area contributed by atoms with Gasteiger partial charge in [-0.25, -0.2) is 4.79 Å². The number of ether oxygens (including phenoxy) is 1. The van der Waals surface area contributed by atoms with Crippen LogP contribution in [0.25, 0.3) is 5.57 Å². The number of nitrogens with one attached hydrogen (secondary N) is 2. The second kappa shape index (κ2) is 12.4. The third kappa shape index (κ3) is 5.22. The Balaban J connectivity index is 1.13. The molecule has 5 fully saturated rings. The zero-order chi connectivity index (χ0) is 34.1. The van der Waals surface area contributed by atoms with Crippen molar-refractivity contribution in [1.82, 2.24) is 10.6 Å². The van der Waals surface area contributed by atoms with Crippen molar-refractivity contribution >= 4 is 11.5 Å². The van der Waals surface area contributed by atoms with Crippen LogP contribution in [-0.2, 0) is 4.74 Å². The van der Waals surface area contributed by atoms with Crippen LogP contribution in [0.5, 0.6) is 0 Å². The van der Waals surface area contributed by atoms with Crippen LogP contribution in [0.2, 0.25) is 0 Å². The summed E-state index contributed by atoms with van der Waals surface area (Å²) >= 11 is 0. The minimum atomic E-state index is -0.855. The molecule has 0 radical (unpaired) electrons. The lowest BCUT2D eigenvalue weighted by Gasteiger charge is -2.72. The molecular weight excluding hydrogens is 592 g/mol. The quantitative estimate of drug-likeness (QED) is 0.183. The summed E-state index contributed by atoms with van der Waals surface area (Å²) in [5, 5.41) is 17.4. The predicted molar refractivity (Wildman–Crippen MR) is 196 cm³/mol. The summed E-state index contributed by atoms with van der Waals surface area (Å²) in [7, 11) is 0. The molecule has 1 aromatic rings. The van der Waals surface area contributed by atoms with Crippen LogP contribution in [0, 0.1) is 51.2 Å². The van der Waals surface area contributed by atoms with Gasteiger partial charge in [-0.3, -0.25) is 0 Å². The number of carboxylic acid groups (broad SMARTS) is 1. The number of carbonyl (C=O) groups is 1. The van der Waals surface area contributed by atoms with Crippen LogP contribution in [0.1, 0.15) is 128 Å². The minimum absolute atomic E-state index is 0.0386. The highest BCUT2D eigenvalue weighted by Crippen LogP contribution is 2.76. The molecule has 5 nitrogen and oxygen atoms in total. The highest BCUT2D eigenvalue weighted by molar-refractivity contribution is 5.88. The van der Waals surface area contributed by atoms with Gasteiger partial charge in [0.2, 0.25) is 0 Å². The molecule has 48 heavy (non-hydrogen) atoms. The van der Waals surface area contributed by atoms with Crippen molar-refractivity contribution in [2.75, 3.05) is 26.2 Å². The molecule has 0 unspecified atom stereocenters. The summed E-state index contributed by atoms with van der Waals surface area (Å²) in [5.74, 6) is 2.51. The smallest absolute Gasteiger partial charge is 0.335 e. The van der Waals surface area contributed by atoms with Gasteiger partial charge in [-0.05, 0) is 152 Å². The fourth-order valence-electron chi connectivity index (χ4n) is 13.8. The molecule has 0 amide bonds. The van der Waals surface area contributed by atoms with E-state index < -0.39 is 5.97 Å². The highest BCUT2D eigenvalue weighted by atomic mass is 16.5. The largest absolute Gasteiger partial charge is 0.478 e. The molecule has 6 aliphatic rings. The molecule has 0 aromatic heterocycles. The molecule has 5 aliphatic carbocycles. The first-order valence-corrected chi connectivity index (χ1v) is 19.5. The molecule has 1 aliphatic heterocycles. The van der Waals surface area contributed by atoms with E-state index >= 15 is 0 Å². The lowest BCUT2D eigenvalue weighted by Crippen LogP contribution is -2.68. The molecule has 3 N–H and O–H groups in total. The number of fused-ring (bicyclic) bond motifs is 7. The molecule has 1 saturated heterocycles. The predicted octanol–water partition coefficient (Wildman–Crippen LogP) is 9.15. The van der Waals surface area contributed by atoms with E-state index in [2.05, 4.69) is 64.8 Å². The van der Waals surface area contributed by atoms with Gasteiger partial charge in [0.1, 0.15) is 0 Å². The number of benzene rings is 1. The van der Waals surface area contributed by atoms with E-state index in [1.165, 1.54) is 80.9 Å². The topological polar surface area (TPSA) is 70.6 Å². The maximum atomic E-state index is 11.5. The van der Waals surface area contributed by atoms with E-state index in [1.54, 1.807) is 12.1 Å². The van der Waals surface area contributed by atoms with Gasteiger partial charge in [0.15, 0.2) is 0 Å². The minimum Gasteiger partial charge on any atom is -0.478 e. The summed E-state index contributed by atoms with van der Waals surface area (Å²) in [5.41, 5.74) is 5.59. The van der Waals surface area contributed by atoms with E-state index in [0.717, 1.165) is 38.6 Å². The first kappa shape index (κ1) is 34.5. The van der Waals surface area contributed by atoms with Gasteiger partial charge in [-0.1, -0.05) is 65.0 Å². The molecule has 0 bridgehead atoms. The summed E-state index contributed by atoms with van der Waals surface area (Å²) in [6.07, 6.45) is 17.0. The number of hydrogen-bond acceptors (Lipinski definition) is 4. The second-order valence-electron chi connectivity index (χ2n) is 18.5. The van der Waals surface area contributed by atoms with Crippen LogP contribution < -0.4 is 10.6 Å². The van der Waals surface area contributed by atoms with Crippen molar-refractivity contribution < 1.29 is 14.6 Å². The maximum absolute atomic E-state index is 11.5. The van der Waals surface area contributed by atoms with Crippen LogP contribution in [0.3, 0.4) is 0 Å². The number of rotatable bonds is 9. The maximum Gasteiger partial charge on any atom is 0.335 e. The molecule has 7 rings (SSSR count). The molecule has 10 atom stereocenters. The van der Waals surface area contributed by atoms with Gasteiger partial charge in [0.05, 0.1) is 11.7 Å². The Bertz CT molecular complexity index is 1430. The first-order valence-electron chi connectivity index (χ1n) is 19.5. The van der Waals surface area contributed by atoms with E-state index in [0.29, 0.717) is 46.2 Å². The SMILES string of the molecule is C=C(C)[C@@H]1CC[C@]2(NCCNC[C@@H]3CCCO3)CC[C@]3(C)[C@H](CC[C@@H]4[C@@]5(C)CC=C(c6ccc(C(=O)O)cc6)C(C)(C)[C@@H]5CC[C@]43C)[C@@H]12. The van der Waals surface area contributed by atoms with Crippen molar-refractivity contribution in [3.8, 4) is 0 Å². The lowest BCUT2D eigenvalue weighted by molar-refractivity contribution is -0.219. The molecule has 0 spiro atoms.